The average molecular weight is 217 g/mol. The minimum atomic E-state index is 0.0628. The van der Waals surface area contributed by atoms with Gasteiger partial charge in [-0.2, -0.15) is 11.8 Å². The van der Waals surface area contributed by atoms with Crippen LogP contribution in [0.4, 0.5) is 0 Å². The second kappa shape index (κ2) is 5.61. The fourth-order valence-electron chi connectivity index (χ4n) is 1.59. The third-order valence-corrected chi connectivity index (χ3v) is 4.06. The molecule has 1 aliphatic rings. The van der Waals surface area contributed by atoms with E-state index in [1.165, 1.54) is 18.6 Å². The molecule has 0 bridgehead atoms. The molecule has 1 unspecified atom stereocenters. The summed E-state index contributed by atoms with van der Waals surface area (Å²) in [5.41, 5.74) is 0. The predicted octanol–water partition coefficient (Wildman–Crippen LogP) is 1.16. The van der Waals surface area contributed by atoms with E-state index in [-0.39, 0.29) is 17.3 Å². The molecular formula is C10H19NO2S. The van der Waals surface area contributed by atoms with Crippen molar-refractivity contribution in [2.75, 3.05) is 18.9 Å². The largest absolute Gasteiger partial charge is 0.396 e. The monoisotopic (exact) mass is 217 g/mol. The van der Waals surface area contributed by atoms with Crippen LogP contribution in [-0.2, 0) is 4.79 Å². The standard InChI is InChI=1S/C10H19NO2S/c1-10(5-3-7-14-10)8-11-9(13)4-2-6-12/h12H,2-8H2,1H3,(H,11,13). The van der Waals surface area contributed by atoms with Crippen LogP contribution in [0.3, 0.4) is 0 Å². The first-order valence-corrected chi connectivity index (χ1v) is 6.16. The van der Waals surface area contributed by atoms with Gasteiger partial charge in [-0.1, -0.05) is 0 Å². The third kappa shape index (κ3) is 3.88. The van der Waals surface area contributed by atoms with Gasteiger partial charge in [0.1, 0.15) is 0 Å². The quantitative estimate of drug-likeness (QED) is 0.726. The lowest BCUT2D eigenvalue weighted by Gasteiger charge is -2.22. The van der Waals surface area contributed by atoms with Gasteiger partial charge in [0, 0.05) is 24.3 Å². The Morgan fingerprint density at radius 2 is 2.43 bits per heavy atom. The van der Waals surface area contributed by atoms with Crippen molar-refractivity contribution in [2.45, 2.75) is 37.4 Å². The molecule has 0 spiro atoms. The summed E-state index contributed by atoms with van der Waals surface area (Å²) in [7, 11) is 0. The van der Waals surface area contributed by atoms with E-state index < -0.39 is 0 Å². The third-order valence-electron chi connectivity index (χ3n) is 2.52. The molecule has 82 valence electrons. The Balaban J connectivity index is 2.15. The Morgan fingerprint density at radius 1 is 1.64 bits per heavy atom. The van der Waals surface area contributed by atoms with Gasteiger partial charge in [0.25, 0.3) is 0 Å². The lowest BCUT2D eigenvalue weighted by atomic mass is 10.1. The maximum absolute atomic E-state index is 11.3. The fourth-order valence-corrected chi connectivity index (χ4v) is 2.83. The Kier molecular flexibility index (Phi) is 4.75. The van der Waals surface area contributed by atoms with E-state index in [0.29, 0.717) is 12.8 Å². The van der Waals surface area contributed by atoms with Crippen molar-refractivity contribution in [1.82, 2.24) is 5.32 Å². The lowest BCUT2D eigenvalue weighted by molar-refractivity contribution is -0.121. The Morgan fingerprint density at radius 3 is 3.00 bits per heavy atom. The van der Waals surface area contributed by atoms with E-state index in [2.05, 4.69) is 12.2 Å². The molecule has 4 heteroatoms. The van der Waals surface area contributed by atoms with Crippen LogP contribution in [-0.4, -0.2) is 34.7 Å². The summed E-state index contributed by atoms with van der Waals surface area (Å²) in [6.07, 6.45) is 3.46. The minimum absolute atomic E-state index is 0.0628. The molecular weight excluding hydrogens is 198 g/mol. The van der Waals surface area contributed by atoms with Gasteiger partial charge in [0.15, 0.2) is 0 Å². The van der Waals surface area contributed by atoms with Crippen molar-refractivity contribution in [3.8, 4) is 0 Å². The van der Waals surface area contributed by atoms with Crippen molar-refractivity contribution in [2.24, 2.45) is 0 Å². The van der Waals surface area contributed by atoms with E-state index in [0.717, 1.165) is 6.54 Å². The number of hydrogen-bond acceptors (Lipinski definition) is 3. The van der Waals surface area contributed by atoms with Gasteiger partial charge in [-0.3, -0.25) is 4.79 Å². The topological polar surface area (TPSA) is 49.3 Å². The number of carbonyl (C=O) groups excluding carboxylic acids is 1. The van der Waals surface area contributed by atoms with Gasteiger partial charge < -0.3 is 10.4 Å². The van der Waals surface area contributed by atoms with E-state index in [1.54, 1.807) is 0 Å². The molecule has 0 aromatic carbocycles. The average Bonchev–Trinajstić information content (AvgIpc) is 2.60. The molecule has 0 saturated carbocycles. The summed E-state index contributed by atoms with van der Waals surface area (Å²) >= 11 is 1.95. The van der Waals surface area contributed by atoms with Gasteiger partial charge in [-0.25, -0.2) is 0 Å². The zero-order chi connectivity index (χ0) is 10.4. The van der Waals surface area contributed by atoms with Gasteiger partial charge in [-0.05, 0) is 31.9 Å². The van der Waals surface area contributed by atoms with E-state index in [9.17, 15) is 4.79 Å². The van der Waals surface area contributed by atoms with Crippen LogP contribution >= 0.6 is 11.8 Å². The molecule has 1 rings (SSSR count). The lowest BCUT2D eigenvalue weighted by Crippen LogP contribution is -2.36. The van der Waals surface area contributed by atoms with E-state index in [1.807, 2.05) is 11.8 Å². The number of carbonyl (C=O) groups is 1. The van der Waals surface area contributed by atoms with Crippen LogP contribution in [0, 0.1) is 0 Å². The SMILES string of the molecule is CC1(CNC(=O)CCCO)CCCS1. The zero-order valence-electron chi connectivity index (χ0n) is 8.71. The number of rotatable bonds is 5. The van der Waals surface area contributed by atoms with Crippen LogP contribution in [0.5, 0.6) is 0 Å². The highest BCUT2D eigenvalue weighted by molar-refractivity contribution is 8.00. The van der Waals surface area contributed by atoms with Gasteiger partial charge in [-0.15, -0.1) is 0 Å². The molecule has 14 heavy (non-hydrogen) atoms. The Hall–Kier alpha value is -0.220. The van der Waals surface area contributed by atoms with Crippen LogP contribution in [0.2, 0.25) is 0 Å². The highest BCUT2D eigenvalue weighted by atomic mass is 32.2. The number of aliphatic hydroxyl groups is 1. The first-order valence-electron chi connectivity index (χ1n) is 5.18. The smallest absolute Gasteiger partial charge is 0.220 e. The van der Waals surface area contributed by atoms with Gasteiger partial charge in [0.2, 0.25) is 5.91 Å². The Labute approximate surface area is 89.6 Å². The van der Waals surface area contributed by atoms with Gasteiger partial charge >= 0.3 is 0 Å². The maximum atomic E-state index is 11.3. The molecule has 1 amide bonds. The number of thioether (sulfide) groups is 1. The number of amides is 1. The normalized spacial score (nSPS) is 26.4. The number of aliphatic hydroxyl groups excluding tert-OH is 1. The summed E-state index contributed by atoms with van der Waals surface area (Å²) in [4.78, 5) is 11.3. The van der Waals surface area contributed by atoms with E-state index in [4.69, 9.17) is 5.11 Å². The van der Waals surface area contributed by atoms with Crippen LogP contribution < -0.4 is 5.32 Å². The molecule has 1 heterocycles. The summed E-state index contributed by atoms with van der Waals surface area (Å²) in [6, 6.07) is 0. The molecule has 2 N–H and O–H groups in total. The Bertz CT molecular complexity index is 191. The second-order valence-electron chi connectivity index (χ2n) is 4.01. The molecule has 1 fully saturated rings. The van der Waals surface area contributed by atoms with Gasteiger partial charge in [0.05, 0.1) is 0 Å². The molecule has 0 radical (unpaired) electrons. The van der Waals surface area contributed by atoms with Crippen LogP contribution in [0.25, 0.3) is 0 Å². The zero-order valence-corrected chi connectivity index (χ0v) is 9.53. The van der Waals surface area contributed by atoms with Crippen LogP contribution in [0.15, 0.2) is 0 Å². The van der Waals surface area contributed by atoms with Crippen molar-refractivity contribution in [3.63, 3.8) is 0 Å². The first-order chi connectivity index (χ1) is 6.66. The van der Waals surface area contributed by atoms with Crippen molar-refractivity contribution in [1.29, 1.82) is 0 Å². The summed E-state index contributed by atoms with van der Waals surface area (Å²) in [5, 5.41) is 11.5. The summed E-state index contributed by atoms with van der Waals surface area (Å²) in [6.45, 7) is 3.07. The molecule has 0 aromatic rings. The minimum Gasteiger partial charge on any atom is -0.396 e. The fraction of sp³-hybridized carbons (Fsp3) is 0.900. The van der Waals surface area contributed by atoms with E-state index >= 15 is 0 Å². The highest BCUT2D eigenvalue weighted by Crippen LogP contribution is 2.36. The molecule has 1 saturated heterocycles. The first kappa shape index (κ1) is 11.9. The molecule has 3 nitrogen and oxygen atoms in total. The molecule has 0 aliphatic carbocycles. The molecule has 1 aliphatic heterocycles. The highest BCUT2D eigenvalue weighted by Gasteiger charge is 2.29. The maximum Gasteiger partial charge on any atom is 0.220 e. The van der Waals surface area contributed by atoms with Crippen molar-refractivity contribution in [3.05, 3.63) is 0 Å². The predicted molar refractivity (Wildman–Crippen MR) is 59.4 cm³/mol. The molecule has 1 atom stereocenters. The summed E-state index contributed by atoms with van der Waals surface area (Å²) < 4.78 is 0.245. The van der Waals surface area contributed by atoms with Crippen molar-refractivity contribution >= 4 is 17.7 Å². The van der Waals surface area contributed by atoms with Crippen molar-refractivity contribution < 1.29 is 9.90 Å². The molecule has 0 aromatic heterocycles. The second-order valence-corrected chi connectivity index (χ2v) is 5.69. The number of hydrogen-bond donors (Lipinski definition) is 2. The summed E-state index contributed by atoms with van der Waals surface area (Å²) in [5.74, 6) is 1.27. The number of nitrogens with one attached hydrogen (secondary N) is 1. The van der Waals surface area contributed by atoms with Crippen LogP contribution in [0.1, 0.15) is 32.6 Å².